The summed E-state index contributed by atoms with van der Waals surface area (Å²) in [4.78, 5) is 19.7. The first-order chi connectivity index (χ1) is 15.5. The lowest BCUT2D eigenvalue weighted by molar-refractivity contribution is -0.147. The number of nitrogens with one attached hydrogen (secondary N) is 1. The van der Waals surface area contributed by atoms with Gasteiger partial charge in [0, 0.05) is 37.6 Å². The standard InChI is InChI=1S/C25H25FN4O2/c26-18-7-5-17(6-8-18)16-29-24(31)23-20-3-1-2-4-21(20)25(32-23)10-13-30(14-11-25)22-15-19(27)9-12-28-22/h1-9,12,15,23H,10-11,13-14,16H2,(H2,27,28)(H,29,31)/t23-/m1/s1. The highest BCUT2D eigenvalue weighted by Gasteiger charge is 2.48. The number of rotatable bonds is 4. The predicted molar refractivity (Wildman–Crippen MR) is 120 cm³/mol. The van der Waals surface area contributed by atoms with Gasteiger partial charge in [-0.05, 0) is 47.7 Å². The van der Waals surface area contributed by atoms with Crippen LogP contribution < -0.4 is 16.0 Å². The van der Waals surface area contributed by atoms with Gasteiger partial charge in [-0.3, -0.25) is 4.79 Å². The number of ether oxygens (including phenoxy) is 1. The first kappa shape index (κ1) is 20.5. The van der Waals surface area contributed by atoms with Crippen molar-refractivity contribution >= 4 is 17.4 Å². The summed E-state index contributed by atoms with van der Waals surface area (Å²) in [5.41, 5.74) is 8.95. The number of amides is 1. The summed E-state index contributed by atoms with van der Waals surface area (Å²) < 4.78 is 19.6. The van der Waals surface area contributed by atoms with E-state index in [1.807, 2.05) is 24.3 Å². The third kappa shape index (κ3) is 3.80. The average Bonchev–Trinajstić information content (AvgIpc) is 3.13. The summed E-state index contributed by atoms with van der Waals surface area (Å²) >= 11 is 0. The molecule has 1 atom stereocenters. The highest BCUT2D eigenvalue weighted by Crippen LogP contribution is 2.49. The summed E-state index contributed by atoms with van der Waals surface area (Å²) in [5.74, 6) is 0.383. The number of fused-ring (bicyclic) bond motifs is 2. The molecule has 1 spiro atoms. The van der Waals surface area contributed by atoms with Gasteiger partial charge in [0.25, 0.3) is 5.91 Å². The molecule has 1 fully saturated rings. The monoisotopic (exact) mass is 432 g/mol. The van der Waals surface area contributed by atoms with E-state index in [-0.39, 0.29) is 11.7 Å². The van der Waals surface area contributed by atoms with Crippen LogP contribution in [-0.4, -0.2) is 24.0 Å². The Morgan fingerprint density at radius 2 is 1.91 bits per heavy atom. The number of nitrogens with two attached hydrogens (primary N) is 1. The average molecular weight is 432 g/mol. The molecule has 0 aliphatic carbocycles. The number of halogens is 1. The molecular weight excluding hydrogens is 407 g/mol. The molecule has 1 aromatic heterocycles. The van der Waals surface area contributed by atoms with E-state index in [0.29, 0.717) is 12.2 Å². The Morgan fingerprint density at radius 1 is 1.16 bits per heavy atom. The van der Waals surface area contributed by atoms with Crippen LogP contribution in [0.15, 0.2) is 66.9 Å². The quantitative estimate of drug-likeness (QED) is 0.657. The number of aromatic nitrogens is 1. The minimum atomic E-state index is -0.663. The first-order valence-corrected chi connectivity index (χ1v) is 10.8. The fourth-order valence-corrected chi connectivity index (χ4v) is 4.66. The van der Waals surface area contributed by atoms with Crippen molar-refractivity contribution in [3.63, 3.8) is 0 Å². The van der Waals surface area contributed by atoms with E-state index in [1.165, 1.54) is 12.1 Å². The molecule has 0 radical (unpaired) electrons. The lowest BCUT2D eigenvalue weighted by Crippen LogP contribution is -2.43. The summed E-state index contributed by atoms with van der Waals surface area (Å²) in [6.07, 6.45) is 2.56. The molecule has 0 unspecified atom stereocenters. The Hall–Kier alpha value is -3.45. The van der Waals surface area contributed by atoms with E-state index in [2.05, 4.69) is 21.3 Å². The Labute approximate surface area is 186 Å². The van der Waals surface area contributed by atoms with E-state index in [1.54, 1.807) is 24.4 Å². The van der Waals surface area contributed by atoms with Gasteiger partial charge in [-0.15, -0.1) is 0 Å². The highest BCUT2D eigenvalue weighted by molar-refractivity contribution is 5.83. The van der Waals surface area contributed by atoms with Gasteiger partial charge < -0.3 is 20.7 Å². The molecule has 164 valence electrons. The van der Waals surface area contributed by atoms with Crippen LogP contribution in [0.5, 0.6) is 0 Å². The Bertz CT molecular complexity index is 1130. The largest absolute Gasteiger partial charge is 0.399 e. The van der Waals surface area contributed by atoms with Crippen LogP contribution in [0.25, 0.3) is 0 Å². The molecule has 3 aromatic rings. The first-order valence-electron chi connectivity index (χ1n) is 10.8. The van der Waals surface area contributed by atoms with Gasteiger partial charge in [0.05, 0.1) is 5.60 Å². The molecule has 6 nitrogen and oxygen atoms in total. The number of pyridine rings is 1. The van der Waals surface area contributed by atoms with Crippen LogP contribution in [-0.2, 0) is 21.7 Å². The van der Waals surface area contributed by atoms with Crippen molar-refractivity contribution in [3.05, 3.63) is 89.4 Å². The van der Waals surface area contributed by atoms with Gasteiger partial charge in [0.15, 0.2) is 6.10 Å². The summed E-state index contributed by atoms with van der Waals surface area (Å²) in [6, 6.07) is 17.7. The molecule has 0 bridgehead atoms. The predicted octanol–water partition coefficient (Wildman–Crippen LogP) is 3.69. The summed E-state index contributed by atoms with van der Waals surface area (Å²) in [5, 5.41) is 2.94. The van der Waals surface area contributed by atoms with Gasteiger partial charge in [-0.25, -0.2) is 9.37 Å². The van der Waals surface area contributed by atoms with E-state index in [4.69, 9.17) is 10.5 Å². The van der Waals surface area contributed by atoms with Gasteiger partial charge in [0.2, 0.25) is 0 Å². The minimum absolute atomic E-state index is 0.182. The zero-order valence-corrected chi connectivity index (χ0v) is 17.6. The number of nitrogens with zero attached hydrogens (tertiary/aromatic N) is 2. The van der Waals surface area contributed by atoms with E-state index >= 15 is 0 Å². The van der Waals surface area contributed by atoms with Crippen molar-refractivity contribution < 1.29 is 13.9 Å². The number of carbonyl (C=O) groups is 1. The maximum atomic E-state index is 13.1. The second-order valence-electron chi connectivity index (χ2n) is 8.36. The normalized spacial score (nSPS) is 19.0. The fourth-order valence-electron chi connectivity index (χ4n) is 4.66. The molecular formula is C25H25FN4O2. The minimum Gasteiger partial charge on any atom is -0.399 e. The fraction of sp³-hybridized carbons (Fsp3) is 0.280. The number of anilines is 2. The molecule has 2 aromatic carbocycles. The van der Waals surface area contributed by atoms with Crippen molar-refractivity contribution in [2.24, 2.45) is 0 Å². The zero-order valence-electron chi connectivity index (χ0n) is 17.6. The maximum absolute atomic E-state index is 13.1. The number of nitrogen functional groups attached to an aromatic ring is 1. The molecule has 3 N–H and O–H groups in total. The molecule has 1 saturated heterocycles. The van der Waals surface area contributed by atoms with E-state index < -0.39 is 11.7 Å². The summed E-state index contributed by atoms with van der Waals surface area (Å²) in [6.45, 7) is 1.84. The molecule has 0 saturated carbocycles. The number of hydrogen-bond acceptors (Lipinski definition) is 5. The van der Waals surface area contributed by atoms with Crippen molar-refractivity contribution in [1.29, 1.82) is 0 Å². The molecule has 1 amide bonds. The topological polar surface area (TPSA) is 80.5 Å². The van der Waals surface area contributed by atoms with Crippen molar-refractivity contribution in [2.45, 2.75) is 31.1 Å². The number of hydrogen-bond donors (Lipinski definition) is 2. The molecule has 2 aliphatic rings. The highest BCUT2D eigenvalue weighted by atomic mass is 19.1. The smallest absolute Gasteiger partial charge is 0.254 e. The van der Waals surface area contributed by atoms with Gasteiger partial charge in [0.1, 0.15) is 11.6 Å². The number of benzene rings is 2. The lowest BCUT2D eigenvalue weighted by Gasteiger charge is -2.40. The van der Waals surface area contributed by atoms with Gasteiger partial charge in [-0.2, -0.15) is 0 Å². The Kier molecular flexibility index (Phi) is 5.27. The molecule has 32 heavy (non-hydrogen) atoms. The Balaban J connectivity index is 1.31. The Morgan fingerprint density at radius 3 is 2.66 bits per heavy atom. The molecule has 2 aliphatic heterocycles. The van der Waals surface area contributed by atoms with Crippen LogP contribution in [0.2, 0.25) is 0 Å². The van der Waals surface area contributed by atoms with Gasteiger partial charge in [-0.1, -0.05) is 36.4 Å². The lowest BCUT2D eigenvalue weighted by atomic mass is 9.83. The second kappa shape index (κ2) is 8.24. The zero-order chi connectivity index (χ0) is 22.1. The van der Waals surface area contributed by atoms with Crippen LogP contribution in [0.4, 0.5) is 15.9 Å². The molecule has 5 rings (SSSR count). The SMILES string of the molecule is Nc1ccnc(N2CCC3(CC2)O[C@@H](C(=O)NCc2ccc(F)cc2)c2ccccc23)c1. The number of piperidine rings is 1. The van der Waals surface area contributed by atoms with Crippen molar-refractivity contribution in [1.82, 2.24) is 10.3 Å². The van der Waals surface area contributed by atoms with E-state index in [0.717, 1.165) is 48.4 Å². The van der Waals surface area contributed by atoms with Crippen LogP contribution in [0.1, 0.15) is 35.6 Å². The molecule has 3 heterocycles. The third-order valence-corrected chi connectivity index (χ3v) is 6.36. The van der Waals surface area contributed by atoms with E-state index in [9.17, 15) is 9.18 Å². The van der Waals surface area contributed by atoms with Crippen LogP contribution in [0.3, 0.4) is 0 Å². The molecule has 7 heteroatoms. The second-order valence-corrected chi connectivity index (χ2v) is 8.36. The van der Waals surface area contributed by atoms with Gasteiger partial charge >= 0.3 is 0 Å². The van der Waals surface area contributed by atoms with Crippen molar-refractivity contribution in [3.8, 4) is 0 Å². The summed E-state index contributed by atoms with van der Waals surface area (Å²) in [7, 11) is 0. The maximum Gasteiger partial charge on any atom is 0.254 e. The third-order valence-electron chi connectivity index (χ3n) is 6.36. The van der Waals surface area contributed by atoms with Crippen molar-refractivity contribution in [2.75, 3.05) is 23.7 Å². The van der Waals surface area contributed by atoms with Crippen LogP contribution in [0, 0.1) is 5.82 Å². The number of carbonyl (C=O) groups excluding carboxylic acids is 1. The van der Waals surface area contributed by atoms with Crippen LogP contribution >= 0.6 is 0 Å².